The average molecular weight is 386 g/mol. The highest BCUT2D eigenvalue weighted by molar-refractivity contribution is 5.79. The Balaban J connectivity index is 2.01. The van der Waals surface area contributed by atoms with E-state index in [9.17, 15) is 5.11 Å². The van der Waals surface area contributed by atoms with Crippen LogP contribution in [0.5, 0.6) is 17.2 Å². The number of hydrogen-bond acceptors (Lipinski definition) is 4. The third kappa shape index (κ3) is 6.08. The molecule has 0 saturated carbocycles. The fraction of sp³-hybridized carbons (Fsp3) is 0.409. The van der Waals surface area contributed by atoms with Gasteiger partial charge in [-0.1, -0.05) is 24.3 Å². The van der Waals surface area contributed by atoms with Gasteiger partial charge in [0.1, 0.15) is 5.75 Å². The number of aliphatic imine (C=N–C) groups is 1. The van der Waals surface area contributed by atoms with Crippen molar-refractivity contribution in [1.29, 1.82) is 0 Å². The van der Waals surface area contributed by atoms with E-state index in [0.717, 1.165) is 29.4 Å². The van der Waals surface area contributed by atoms with Gasteiger partial charge >= 0.3 is 0 Å². The van der Waals surface area contributed by atoms with Gasteiger partial charge in [0.25, 0.3) is 0 Å². The van der Waals surface area contributed by atoms with Crippen molar-refractivity contribution in [2.75, 3.05) is 26.8 Å². The Kier molecular flexibility index (Phi) is 8.46. The van der Waals surface area contributed by atoms with Crippen LogP contribution in [0.25, 0.3) is 0 Å². The zero-order valence-electron chi connectivity index (χ0n) is 17.2. The molecule has 28 heavy (non-hydrogen) atoms. The molecule has 0 amide bonds. The molecule has 0 fully saturated rings. The molecule has 0 radical (unpaired) electrons. The monoisotopic (exact) mass is 385 g/mol. The largest absolute Gasteiger partial charge is 0.504 e. The minimum absolute atomic E-state index is 0.190. The number of aryl methyl sites for hydroxylation is 1. The summed E-state index contributed by atoms with van der Waals surface area (Å²) in [6.07, 6.45) is 0.655. The van der Waals surface area contributed by atoms with E-state index in [1.807, 2.05) is 32.0 Å². The Morgan fingerprint density at radius 3 is 2.61 bits per heavy atom. The summed E-state index contributed by atoms with van der Waals surface area (Å²) in [5, 5.41) is 16.8. The molecule has 0 aromatic heterocycles. The minimum Gasteiger partial charge on any atom is -0.504 e. The number of aromatic hydroxyl groups is 1. The van der Waals surface area contributed by atoms with Crippen molar-refractivity contribution >= 4 is 5.96 Å². The van der Waals surface area contributed by atoms with Crippen molar-refractivity contribution in [2.45, 2.75) is 33.7 Å². The first-order chi connectivity index (χ1) is 13.6. The maximum atomic E-state index is 10.2. The first-order valence-corrected chi connectivity index (χ1v) is 9.68. The standard InChI is InChI=1S/C22H31N3O3/c1-5-23-22(24-13-12-17-8-7-9-19(27-4)21(17)26)25-15-18-11-10-16(3)14-20(18)28-6-2/h7-11,14,26H,5-6,12-13,15H2,1-4H3,(H2,23,24,25). The van der Waals surface area contributed by atoms with Crippen LogP contribution in [0.15, 0.2) is 41.4 Å². The normalized spacial score (nSPS) is 11.2. The van der Waals surface area contributed by atoms with Gasteiger partial charge in [-0.15, -0.1) is 0 Å². The maximum Gasteiger partial charge on any atom is 0.191 e. The summed E-state index contributed by atoms with van der Waals surface area (Å²) in [5.74, 6) is 2.28. The summed E-state index contributed by atoms with van der Waals surface area (Å²) in [6, 6.07) is 11.7. The Hall–Kier alpha value is -2.89. The number of nitrogens with zero attached hydrogens (tertiary/aromatic N) is 1. The van der Waals surface area contributed by atoms with Gasteiger partial charge in [0.2, 0.25) is 0 Å². The Labute approximate surface area is 167 Å². The van der Waals surface area contributed by atoms with Crippen LogP contribution < -0.4 is 20.1 Å². The molecule has 0 unspecified atom stereocenters. The number of ether oxygens (including phenoxy) is 2. The van der Waals surface area contributed by atoms with Crippen LogP contribution in [0.2, 0.25) is 0 Å². The van der Waals surface area contributed by atoms with Crippen LogP contribution in [0.1, 0.15) is 30.5 Å². The first kappa shape index (κ1) is 21.4. The fourth-order valence-corrected chi connectivity index (χ4v) is 2.84. The Bertz CT molecular complexity index is 791. The summed E-state index contributed by atoms with van der Waals surface area (Å²) in [4.78, 5) is 4.67. The number of phenolic OH excluding ortho intramolecular Hbond substituents is 1. The van der Waals surface area contributed by atoms with Gasteiger partial charge in [-0.05, 0) is 50.5 Å². The quantitative estimate of drug-likeness (QED) is 0.456. The van der Waals surface area contributed by atoms with Crippen molar-refractivity contribution in [2.24, 2.45) is 4.99 Å². The molecule has 0 aliphatic heterocycles. The zero-order valence-corrected chi connectivity index (χ0v) is 17.2. The highest BCUT2D eigenvalue weighted by Gasteiger charge is 2.08. The average Bonchev–Trinajstić information content (AvgIpc) is 2.68. The second-order valence-corrected chi connectivity index (χ2v) is 6.38. The number of nitrogens with one attached hydrogen (secondary N) is 2. The van der Waals surface area contributed by atoms with Crippen LogP contribution >= 0.6 is 0 Å². The highest BCUT2D eigenvalue weighted by atomic mass is 16.5. The van der Waals surface area contributed by atoms with E-state index in [2.05, 4.69) is 34.7 Å². The number of rotatable bonds is 9. The molecule has 0 saturated heterocycles. The van der Waals surface area contributed by atoms with Crippen molar-refractivity contribution < 1.29 is 14.6 Å². The van der Waals surface area contributed by atoms with E-state index < -0.39 is 0 Å². The molecular weight excluding hydrogens is 354 g/mol. The molecule has 0 aliphatic carbocycles. The van der Waals surface area contributed by atoms with Crippen LogP contribution in [0, 0.1) is 6.92 Å². The van der Waals surface area contributed by atoms with Crippen LogP contribution in [-0.2, 0) is 13.0 Å². The molecule has 0 atom stereocenters. The third-order valence-electron chi connectivity index (χ3n) is 4.26. The molecule has 0 aliphatic rings. The topological polar surface area (TPSA) is 75.1 Å². The molecule has 152 valence electrons. The molecule has 0 heterocycles. The first-order valence-electron chi connectivity index (χ1n) is 9.68. The van der Waals surface area contributed by atoms with E-state index in [0.29, 0.717) is 31.9 Å². The van der Waals surface area contributed by atoms with Crippen LogP contribution in [0.3, 0.4) is 0 Å². The lowest BCUT2D eigenvalue weighted by Gasteiger charge is -2.14. The lowest BCUT2D eigenvalue weighted by atomic mass is 10.1. The SMILES string of the molecule is CCNC(=NCc1ccc(C)cc1OCC)NCCc1cccc(OC)c1O. The van der Waals surface area contributed by atoms with Crippen LogP contribution in [-0.4, -0.2) is 37.9 Å². The molecule has 0 spiro atoms. The van der Waals surface area contributed by atoms with Gasteiger partial charge in [-0.2, -0.15) is 0 Å². The number of benzene rings is 2. The molecule has 6 heteroatoms. The number of guanidine groups is 1. The van der Waals surface area contributed by atoms with Gasteiger partial charge in [0.05, 0.1) is 20.3 Å². The minimum atomic E-state index is 0.190. The van der Waals surface area contributed by atoms with E-state index >= 15 is 0 Å². The van der Waals surface area contributed by atoms with E-state index in [1.165, 1.54) is 5.56 Å². The zero-order chi connectivity index (χ0) is 20.4. The van der Waals surface area contributed by atoms with Gasteiger partial charge in [0, 0.05) is 18.7 Å². The smallest absolute Gasteiger partial charge is 0.191 e. The summed E-state index contributed by atoms with van der Waals surface area (Å²) < 4.78 is 10.9. The molecule has 0 bridgehead atoms. The Morgan fingerprint density at radius 1 is 1.07 bits per heavy atom. The molecule has 2 aromatic rings. The summed E-state index contributed by atoms with van der Waals surface area (Å²) in [5.41, 5.74) is 3.05. The molecule has 3 N–H and O–H groups in total. The predicted molar refractivity (Wildman–Crippen MR) is 114 cm³/mol. The number of para-hydroxylation sites is 1. The van der Waals surface area contributed by atoms with Crippen molar-refractivity contribution in [3.8, 4) is 17.2 Å². The lowest BCUT2D eigenvalue weighted by Crippen LogP contribution is -2.38. The summed E-state index contributed by atoms with van der Waals surface area (Å²) in [6.45, 7) is 8.62. The molecule has 2 aromatic carbocycles. The van der Waals surface area contributed by atoms with Crippen molar-refractivity contribution in [3.63, 3.8) is 0 Å². The number of methoxy groups -OCH3 is 1. The number of hydrogen-bond donors (Lipinski definition) is 3. The number of phenols is 1. The fourth-order valence-electron chi connectivity index (χ4n) is 2.84. The van der Waals surface area contributed by atoms with E-state index in [1.54, 1.807) is 13.2 Å². The van der Waals surface area contributed by atoms with E-state index in [-0.39, 0.29) is 5.75 Å². The van der Waals surface area contributed by atoms with Crippen molar-refractivity contribution in [1.82, 2.24) is 10.6 Å². The van der Waals surface area contributed by atoms with Crippen LogP contribution in [0.4, 0.5) is 0 Å². The van der Waals surface area contributed by atoms with Gasteiger partial charge in [-0.3, -0.25) is 0 Å². The van der Waals surface area contributed by atoms with Gasteiger partial charge in [-0.25, -0.2) is 4.99 Å². The molecule has 6 nitrogen and oxygen atoms in total. The Morgan fingerprint density at radius 2 is 1.89 bits per heavy atom. The molecular formula is C22H31N3O3. The third-order valence-corrected chi connectivity index (χ3v) is 4.26. The lowest BCUT2D eigenvalue weighted by molar-refractivity contribution is 0.336. The highest BCUT2D eigenvalue weighted by Crippen LogP contribution is 2.29. The van der Waals surface area contributed by atoms with Gasteiger partial charge < -0.3 is 25.2 Å². The maximum absolute atomic E-state index is 10.2. The second kappa shape index (κ2) is 11.1. The predicted octanol–water partition coefficient (Wildman–Crippen LogP) is 3.41. The van der Waals surface area contributed by atoms with E-state index in [4.69, 9.17) is 9.47 Å². The summed E-state index contributed by atoms with van der Waals surface area (Å²) >= 11 is 0. The van der Waals surface area contributed by atoms with Gasteiger partial charge in [0.15, 0.2) is 17.5 Å². The summed E-state index contributed by atoms with van der Waals surface area (Å²) in [7, 11) is 1.55. The second-order valence-electron chi connectivity index (χ2n) is 6.38. The van der Waals surface area contributed by atoms with Crippen molar-refractivity contribution in [3.05, 3.63) is 53.1 Å². The molecule has 2 rings (SSSR count).